The zero-order valence-corrected chi connectivity index (χ0v) is 16.6. The lowest BCUT2D eigenvalue weighted by atomic mass is 10.0. The molecule has 0 spiro atoms. The Labute approximate surface area is 174 Å². The first-order valence-electron chi connectivity index (χ1n) is 9.62. The summed E-state index contributed by atoms with van der Waals surface area (Å²) in [6.07, 6.45) is -2.01. The Balaban J connectivity index is 1.52. The molecule has 30 heavy (non-hydrogen) atoms. The molecule has 0 amide bonds. The van der Waals surface area contributed by atoms with Crippen molar-refractivity contribution in [3.63, 3.8) is 0 Å². The standard InChI is InChI=1S/C22H17ClF3NO3/c23-18-8-16-14-5-2-6-15(14)21(28)30-19(16)17-10-27(11-29-20(17)18)9-12-3-1-4-13(7-12)22(24,25)26/h1,3-4,7-8H,2,5-6,9-11H2. The second-order valence-electron chi connectivity index (χ2n) is 7.70. The summed E-state index contributed by atoms with van der Waals surface area (Å²) < 4.78 is 50.5. The fourth-order valence-electron chi connectivity index (χ4n) is 4.36. The number of ether oxygens (including phenoxy) is 1. The van der Waals surface area contributed by atoms with E-state index < -0.39 is 11.7 Å². The fourth-order valence-corrected chi connectivity index (χ4v) is 4.64. The van der Waals surface area contributed by atoms with Crippen molar-refractivity contribution in [3.05, 3.63) is 73.6 Å². The number of halogens is 4. The van der Waals surface area contributed by atoms with Crippen LogP contribution in [0.15, 0.2) is 39.5 Å². The minimum Gasteiger partial charge on any atom is -0.476 e. The van der Waals surface area contributed by atoms with Crippen molar-refractivity contribution in [1.82, 2.24) is 4.90 Å². The quantitative estimate of drug-likeness (QED) is 0.512. The van der Waals surface area contributed by atoms with E-state index in [1.54, 1.807) is 12.1 Å². The van der Waals surface area contributed by atoms with Crippen LogP contribution in [-0.4, -0.2) is 11.6 Å². The molecule has 1 aromatic heterocycles. The van der Waals surface area contributed by atoms with E-state index in [0.29, 0.717) is 46.0 Å². The maximum Gasteiger partial charge on any atom is 0.416 e. The molecule has 1 aliphatic heterocycles. The molecule has 2 heterocycles. The number of benzene rings is 2. The molecule has 2 aliphatic rings. The van der Waals surface area contributed by atoms with Crippen LogP contribution in [0.2, 0.25) is 5.02 Å². The van der Waals surface area contributed by atoms with Crippen molar-refractivity contribution < 1.29 is 22.3 Å². The first-order valence-corrected chi connectivity index (χ1v) is 10.0. The van der Waals surface area contributed by atoms with Gasteiger partial charge in [-0.15, -0.1) is 0 Å². The molecule has 0 unspecified atom stereocenters. The Morgan fingerprint density at radius 2 is 1.90 bits per heavy atom. The van der Waals surface area contributed by atoms with Crippen molar-refractivity contribution in [2.75, 3.05) is 6.73 Å². The fraction of sp³-hybridized carbons (Fsp3) is 0.318. The third-order valence-electron chi connectivity index (χ3n) is 5.70. The van der Waals surface area contributed by atoms with Gasteiger partial charge < -0.3 is 9.15 Å². The number of fused-ring (bicyclic) bond motifs is 5. The maximum atomic E-state index is 13.0. The van der Waals surface area contributed by atoms with E-state index in [4.69, 9.17) is 20.8 Å². The lowest BCUT2D eigenvalue weighted by Gasteiger charge is -2.30. The summed E-state index contributed by atoms with van der Waals surface area (Å²) in [6.45, 7) is 0.778. The van der Waals surface area contributed by atoms with E-state index in [2.05, 4.69) is 0 Å². The molecule has 1 aliphatic carbocycles. The number of alkyl halides is 3. The second kappa shape index (κ2) is 7.03. The molecule has 156 valence electrons. The predicted molar refractivity (Wildman–Crippen MR) is 106 cm³/mol. The lowest BCUT2D eigenvalue weighted by Crippen LogP contribution is -2.32. The van der Waals surface area contributed by atoms with Gasteiger partial charge in [0, 0.05) is 24.0 Å². The number of aryl methyl sites for hydroxylation is 1. The number of rotatable bonds is 2. The van der Waals surface area contributed by atoms with Crippen LogP contribution < -0.4 is 10.4 Å². The summed E-state index contributed by atoms with van der Waals surface area (Å²) in [5, 5.41) is 1.26. The average Bonchev–Trinajstić information content (AvgIpc) is 3.20. The SMILES string of the molecule is O=c1oc2c3c(c(Cl)cc2c2c1CCC2)OCN(Cc1cccc(C(F)(F)F)c1)C3. The molecule has 0 saturated carbocycles. The second-order valence-corrected chi connectivity index (χ2v) is 8.11. The molecule has 2 aromatic carbocycles. The van der Waals surface area contributed by atoms with Gasteiger partial charge in [-0.1, -0.05) is 29.8 Å². The third kappa shape index (κ3) is 3.26. The summed E-state index contributed by atoms with van der Waals surface area (Å²) in [7, 11) is 0. The van der Waals surface area contributed by atoms with Gasteiger partial charge in [-0.3, -0.25) is 4.90 Å². The Morgan fingerprint density at radius 1 is 1.10 bits per heavy atom. The van der Waals surface area contributed by atoms with E-state index >= 15 is 0 Å². The Kier molecular flexibility index (Phi) is 4.56. The van der Waals surface area contributed by atoms with Gasteiger partial charge in [0.15, 0.2) is 0 Å². The largest absolute Gasteiger partial charge is 0.476 e. The predicted octanol–water partition coefficient (Wildman–Crippen LogP) is 5.31. The first-order chi connectivity index (χ1) is 14.3. The normalized spacial score (nSPS) is 16.4. The molecule has 0 fully saturated rings. The van der Waals surface area contributed by atoms with Crippen LogP contribution in [0.4, 0.5) is 13.2 Å². The van der Waals surface area contributed by atoms with Crippen LogP contribution in [0, 0.1) is 0 Å². The van der Waals surface area contributed by atoms with Crippen LogP contribution in [0.25, 0.3) is 11.0 Å². The Hall–Kier alpha value is -2.51. The molecule has 3 aromatic rings. The summed E-state index contributed by atoms with van der Waals surface area (Å²) in [6, 6.07) is 7.01. The van der Waals surface area contributed by atoms with Gasteiger partial charge in [0.2, 0.25) is 0 Å². The number of hydrogen-bond donors (Lipinski definition) is 0. The lowest BCUT2D eigenvalue weighted by molar-refractivity contribution is -0.137. The maximum absolute atomic E-state index is 13.0. The average molecular weight is 436 g/mol. The van der Waals surface area contributed by atoms with Gasteiger partial charge in [-0.05, 0) is 42.5 Å². The molecule has 4 nitrogen and oxygen atoms in total. The molecular weight excluding hydrogens is 419 g/mol. The molecule has 0 saturated heterocycles. The van der Waals surface area contributed by atoms with E-state index in [0.717, 1.165) is 35.9 Å². The Bertz CT molecular complexity index is 1220. The van der Waals surface area contributed by atoms with Crippen molar-refractivity contribution >= 4 is 22.6 Å². The molecular formula is C22H17ClF3NO3. The van der Waals surface area contributed by atoms with Crippen LogP contribution in [0.5, 0.6) is 5.75 Å². The van der Waals surface area contributed by atoms with Crippen LogP contribution >= 0.6 is 11.6 Å². The first kappa shape index (κ1) is 19.5. The van der Waals surface area contributed by atoms with Gasteiger partial charge >= 0.3 is 11.8 Å². The highest BCUT2D eigenvalue weighted by Crippen LogP contribution is 2.41. The van der Waals surface area contributed by atoms with Gasteiger partial charge in [-0.25, -0.2) is 4.79 Å². The van der Waals surface area contributed by atoms with Crippen molar-refractivity contribution in [2.45, 2.75) is 38.5 Å². The third-order valence-corrected chi connectivity index (χ3v) is 5.98. The highest BCUT2D eigenvalue weighted by atomic mass is 35.5. The van der Waals surface area contributed by atoms with Crippen LogP contribution in [0.1, 0.15) is 34.2 Å². The topological polar surface area (TPSA) is 42.7 Å². The number of nitrogens with zero attached hydrogens (tertiary/aromatic N) is 1. The van der Waals surface area contributed by atoms with Crippen LogP contribution in [0.3, 0.4) is 0 Å². The van der Waals surface area contributed by atoms with Gasteiger partial charge in [0.25, 0.3) is 0 Å². The van der Waals surface area contributed by atoms with Crippen LogP contribution in [-0.2, 0) is 32.1 Å². The van der Waals surface area contributed by atoms with Gasteiger partial charge in [-0.2, -0.15) is 13.2 Å². The van der Waals surface area contributed by atoms with E-state index in [9.17, 15) is 18.0 Å². The minimum absolute atomic E-state index is 0.170. The van der Waals surface area contributed by atoms with E-state index in [-0.39, 0.29) is 18.9 Å². The molecule has 5 rings (SSSR count). The van der Waals surface area contributed by atoms with E-state index in [1.165, 1.54) is 6.07 Å². The summed E-state index contributed by atoms with van der Waals surface area (Å²) >= 11 is 6.45. The van der Waals surface area contributed by atoms with Crippen molar-refractivity contribution in [1.29, 1.82) is 0 Å². The van der Waals surface area contributed by atoms with E-state index in [1.807, 2.05) is 4.90 Å². The molecule has 0 atom stereocenters. The zero-order valence-electron chi connectivity index (χ0n) is 15.8. The van der Waals surface area contributed by atoms with Gasteiger partial charge in [0.05, 0.1) is 16.1 Å². The Morgan fingerprint density at radius 3 is 2.70 bits per heavy atom. The number of hydrogen-bond acceptors (Lipinski definition) is 4. The molecule has 8 heteroatoms. The molecule has 0 bridgehead atoms. The minimum atomic E-state index is -4.39. The van der Waals surface area contributed by atoms with Gasteiger partial charge in [0.1, 0.15) is 18.1 Å². The molecule has 0 radical (unpaired) electrons. The smallest absolute Gasteiger partial charge is 0.416 e. The summed E-state index contributed by atoms with van der Waals surface area (Å²) in [4.78, 5) is 14.3. The van der Waals surface area contributed by atoms with Crippen molar-refractivity contribution in [2.24, 2.45) is 0 Å². The summed E-state index contributed by atoms with van der Waals surface area (Å²) in [5.74, 6) is 0.463. The monoisotopic (exact) mass is 435 g/mol. The highest BCUT2D eigenvalue weighted by Gasteiger charge is 2.31. The zero-order chi connectivity index (χ0) is 21.0. The van der Waals surface area contributed by atoms with Crippen molar-refractivity contribution in [3.8, 4) is 5.75 Å². The highest BCUT2D eigenvalue weighted by molar-refractivity contribution is 6.33. The summed E-state index contributed by atoms with van der Waals surface area (Å²) in [5.41, 5.74) is 2.28. The molecule has 0 N–H and O–H groups in total.